The molecule has 0 radical (unpaired) electrons. The first kappa shape index (κ1) is 21.5. The third-order valence-corrected chi connectivity index (χ3v) is 5.45. The first-order valence-electron chi connectivity index (χ1n) is 10.9. The number of hydrogen-bond donors (Lipinski definition) is 2. The van der Waals surface area contributed by atoms with Gasteiger partial charge >= 0.3 is 0 Å². The summed E-state index contributed by atoms with van der Waals surface area (Å²) in [6.45, 7) is 7.78. The third kappa shape index (κ3) is 4.95. The molecule has 1 saturated heterocycles. The van der Waals surface area contributed by atoms with Gasteiger partial charge < -0.3 is 20.3 Å². The van der Waals surface area contributed by atoms with Crippen molar-refractivity contribution in [3.8, 4) is 23.1 Å². The van der Waals surface area contributed by atoms with Gasteiger partial charge in [0, 0.05) is 31.4 Å². The molecule has 1 aliphatic rings. The number of anilines is 3. The Balaban J connectivity index is 1.50. The lowest BCUT2D eigenvalue weighted by Crippen LogP contribution is -2.22. The van der Waals surface area contributed by atoms with E-state index in [1.165, 1.54) is 0 Å². The lowest BCUT2D eigenvalue weighted by atomic mass is 10.1. The summed E-state index contributed by atoms with van der Waals surface area (Å²) >= 11 is 0. The first-order valence-corrected chi connectivity index (χ1v) is 10.9. The second-order valence-corrected chi connectivity index (χ2v) is 7.52. The number of nitrogens with one attached hydrogen (secondary N) is 2. The van der Waals surface area contributed by atoms with Crippen LogP contribution in [0.4, 0.5) is 17.5 Å². The summed E-state index contributed by atoms with van der Waals surface area (Å²) in [5, 5.41) is 16.1. The number of pyridine rings is 1. The van der Waals surface area contributed by atoms with Gasteiger partial charge in [0.15, 0.2) is 0 Å². The maximum absolute atomic E-state index is 9.61. The quantitative estimate of drug-likeness (QED) is 0.559. The van der Waals surface area contributed by atoms with Gasteiger partial charge in [0.05, 0.1) is 23.1 Å². The van der Waals surface area contributed by atoms with Crippen LogP contribution in [-0.2, 0) is 0 Å². The molecule has 0 saturated carbocycles. The van der Waals surface area contributed by atoms with Crippen LogP contribution in [0.5, 0.6) is 5.75 Å². The summed E-state index contributed by atoms with van der Waals surface area (Å²) in [6.07, 6.45) is 4.52. The summed E-state index contributed by atoms with van der Waals surface area (Å²) in [4.78, 5) is 15.6. The highest BCUT2D eigenvalue weighted by Gasteiger charge is 2.18. The van der Waals surface area contributed by atoms with Gasteiger partial charge in [-0.2, -0.15) is 5.26 Å². The molecule has 3 aromatic rings. The maximum atomic E-state index is 9.61. The number of ether oxygens (including phenoxy) is 1. The number of aromatic nitrogens is 3. The lowest BCUT2D eigenvalue weighted by molar-refractivity contribution is 0.222. The van der Waals surface area contributed by atoms with Gasteiger partial charge in [-0.15, -0.1) is 0 Å². The van der Waals surface area contributed by atoms with Crippen LogP contribution < -0.4 is 20.3 Å². The highest BCUT2D eigenvalue weighted by atomic mass is 16.5. The first-order chi connectivity index (χ1) is 15.7. The molecule has 0 unspecified atom stereocenters. The molecule has 8 heteroatoms. The van der Waals surface area contributed by atoms with E-state index in [0.717, 1.165) is 55.4 Å². The van der Waals surface area contributed by atoms with Crippen LogP contribution in [-0.4, -0.2) is 47.2 Å². The van der Waals surface area contributed by atoms with Gasteiger partial charge in [-0.05, 0) is 63.2 Å². The SMILES string of the molecule is CCN(CC)c1ccc(Nc2nccc(-c3ccc(O[C@@H]4CCNC4)c(C#N)c3)n2)cn1. The van der Waals surface area contributed by atoms with Crippen molar-refractivity contribution in [2.45, 2.75) is 26.4 Å². The monoisotopic (exact) mass is 429 g/mol. The molecular weight excluding hydrogens is 402 g/mol. The molecule has 2 aromatic heterocycles. The topological polar surface area (TPSA) is 99.0 Å². The van der Waals surface area contributed by atoms with E-state index in [4.69, 9.17) is 4.74 Å². The van der Waals surface area contributed by atoms with Crippen molar-refractivity contribution in [3.63, 3.8) is 0 Å². The molecule has 0 spiro atoms. The van der Waals surface area contributed by atoms with E-state index < -0.39 is 0 Å². The van der Waals surface area contributed by atoms with E-state index in [1.54, 1.807) is 12.4 Å². The second-order valence-electron chi connectivity index (χ2n) is 7.52. The zero-order valence-corrected chi connectivity index (χ0v) is 18.4. The molecule has 1 aromatic carbocycles. The fourth-order valence-corrected chi connectivity index (χ4v) is 3.69. The third-order valence-electron chi connectivity index (χ3n) is 5.45. The Morgan fingerprint density at radius 2 is 2.06 bits per heavy atom. The highest BCUT2D eigenvalue weighted by Crippen LogP contribution is 2.27. The molecular formula is C24H27N7O. The van der Waals surface area contributed by atoms with Crippen molar-refractivity contribution in [1.29, 1.82) is 5.26 Å². The van der Waals surface area contributed by atoms with Crippen LogP contribution in [0.1, 0.15) is 25.8 Å². The van der Waals surface area contributed by atoms with Gasteiger partial charge in [0.25, 0.3) is 0 Å². The molecule has 32 heavy (non-hydrogen) atoms. The minimum absolute atomic E-state index is 0.101. The van der Waals surface area contributed by atoms with Crippen molar-refractivity contribution < 1.29 is 4.74 Å². The molecule has 1 atom stereocenters. The van der Waals surface area contributed by atoms with Crippen LogP contribution in [0.15, 0.2) is 48.8 Å². The van der Waals surface area contributed by atoms with Crippen molar-refractivity contribution in [3.05, 3.63) is 54.4 Å². The smallest absolute Gasteiger partial charge is 0.227 e. The van der Waals surface area contributed by atoms with Gasteiger partial charge in [-0.1, -0.05) is 0 Å². The Labute approximate surface area is 188 Å². The van der Waals surface area contributed by atoms with Crippen LogP contribution in [0, 0.1) is 11.3 Å². The fourth-order valence-electron chi connectivity index (χ4n) is 3.69. The molecule has 0 amide bonds. The fraction of sp³-hybridized carbons (Fsp3) is 0.333. The summed E-state index contributed by atoms with van der Waals surface area (Å²) in [5.74, 6) is 2.02. The predicted octanol–water partition coefficient (Wildman–Crippen LogP) is 3.74. The van der Waals surface area contributed by atoms with Crippen LogP contribution in [0.25, 0.3) is 11.3 Å². The zero-order valence-electron chi connectivity index (χ0n) is 18.4. The molecule has 4 rings (SSSR count). The van der Waals surface area contributed by atoms with Gasteiger partial charge in [-0.25, -0.2) is 15.0 Å². The number of nitriles is 1. The molecule has 0 aliphatic carbocycles. The lowest BCUT2D eigenvalue weighted by Gasteiger charge is -2.19. The average Bonchev–Trinajstić information content (AvgIpc) is 3.34. The van der Waals surface area contributed by atoms with Gasteiger partial charge in [0.2, 0.25) is 5.95 Å². The summed E-state index contributed by atoms with van der Waals surface area (Å²) in [7, 11) is 0. The summed E-state index contributed by atoms with van der Waals surface area (Å²) in [5.41, 5.74) is 2.86. The molecule has 2 N–H and O–H groups in total. The molecule has 164 valence electrons. The molecule has 1 aliphatic heterocycles. The van der Waals surface area contributed by atoms with E-state index in [9.17, 15) is 5.26 Å². The number of benzene rings is 1. The minimum Gasteiger partial charge on any atom is -0.488 e. The normalized spacial score (nSPS) is 15.2. The largest absolute Gasteiger partial charge is 0.488 e. The molecule has 8 nitrogen and oxygen atoms in total. The van der Waals surface area contributed by atoms with Crippen LogP contribution >= 0.6 is 0 Å². The van der Waals surface area contributed by atoms with Crippen LogP contribution in [0.3, 0.4) is 0 Å². The minimum atomic E-state index is 0.101. The average molecular weight is 430 g/mol. The summed E-state index contributed by atoms with van der Waals surface area (Å²) < 4.78 is 5.99. The van der Waals surface area contributed by atoms with E-state index in [-0.39, 0.29) is 6.10 Å². The Hall–Kier alpha value is -3.70. The van der Waals surface area contributed by atoms with Crippen molar-refractivity contribution in [2.24, 2.45) is 0 Å². The van der Waals surface area contributed by atoms with Crippen molar-refractivity contribution >= 4 is 17.5 Å². The second kappa shape index (κ2) is 10.1. The Morgan fingerprint density at radius 1 is 1.19 bits per heavy atom. The Morgan fingerprint density at radius 3 is 2.75 bits per heavy atom. The van der Waals surface area contributed by atoms with E-state index in [2.05, 4.69) is 50.4 Å². The number of hydrogen-bond acceptors (Lipinski definition) is 8. The number of nitrogens with zero attached hydrogens (tertiary/aromatic N) is 5. The van der Waals surface area contributed by atoms with Crippen molar-refractivity contribution in [2.75, 3.05) is 36.4 Å². The Bertz CT molecular complexity index is 1080. The predicted molar refractivity (Wildman–Crippen MR) is 125 cm³/mol. The van der Waals surface area contributed by atoms with Gasteiger partial charge in [0.1, 0.15) is 23.7 Å². The standard InChI is InChI=1S/C24H27N7O/c1-3-31(4-2)23-8-6-19(15-28-23)29-24-27-12-10-21(30-24)17-5-7-22(18(13-17)14-25)32-20-9-11-26-16-20/h5-8,10,12-13,15,20,26H,3-4,9,11,16H2,1-2H3,(H,27,29,30)/t20-/m1/s1. The van der Waals surface area contributed by atoms with E-state index in [1.807, 2.05) is 36.4 Å². The Kier molecular flexibility index (Phi) is 6.78. The zero-order chi connectivity index (χ0) is 22.3. The van der Waals surface area contributed by atoms with Crippen LogP contribution in [0.2, 0.25) is 0 Å². The highest BCUT2D eigenvalue weighted by molar-refractivity contribution is 5.66. The summed E-state index contributed by atoms with van der Waals surface area (Å²) in [6, 6.07) is 13.6. The maximum Gasteiger partial charge on any atom is 0.227 e. The van der Waals surface area contributed by atoms with E-state index in [0.29, 0.717) is 17.3 Å². The molecule has 0 bridgehead atoms. The molecule has 3 heterocycles. The van der Waals surface area contributed by atoms with Gasteiger partial charge in [-0.3, -0.25) is 0 Å². The van der Waals surface area contributed by atoms with Crippen molar-refractivity contribution in [1.82, 2.24) is 20.3 Å². The van der Waals surface area contributed by atoms with E-state index >= 15 is 0 Å². The molecule has 1 fully saturated rings. The number of rotatable bonds is 8.